The minimum atomic E-state index is -4.42. The second-order valence-electron chi connectivity index (χ2n) is 4.12. The van der Waals surface area contributed by atoms with Crippen molar-refractivity contribution in [1.82, 2.24) is 0 Å². The number of hydrogen-bond donors (Lipinski definition) is 2. The second-order valence-corrected chi connectivity index (χ2v) is 5.57. The van der Waals surface area contributed by atoms with Crippen molar-refractivity contribution in [2.24, 2.45) is 5.92 Å². The molecule has 1 saturated carbocycles. The molecule has 0 spiro atoms. The van der Waals surface area contributed by atoms with E-state index in [9.17, 15) is 26.3 Å². The van der Waals surface area contributed by atoms with Gasteiger partial charge in [-0.2, -0.15) is 51.6 Å². The van der Waals surface area contributed by atoms with Crippen molar-refractivity contribution < 1.29 is 26.3 Å². The van der Waals surface area contributed by atoms with Crippen LogP contribution in [-0.2, 0) is 0 Å². The lowest BCUT2D eigenvalue weighted by atomic mass is 9.70. The van der Waals surface area contributed by atoms with Gasteiger partial charge in [-0.05, 0) is 12.3 Å². The molecule has 0 nitrogen and oxygen atoms in total. The Morgan fingerprint density at radius 2 is 1.56 bits per heavy atom. The van der Waals surface area contributed by atoms with Gasteiger partial charge in [-0.1, -0.05) is 0 Å². The molecule has 0 amide bonds. The average Bonchev–Trinajstić information content (AvgIpc) is 1.97. The molecular formula is C8H10F6S2. The summed E-state index contributed by atoms with van der Waals surface area (Å²) in [6.07, 6.45) is -11.3. The number of halogens is 6. The van der Waals surface area contributed by atoms with Crippen LogP contribution in [0.25, 0.3) is 0 Å². The van der Waals surface area contributed by atoms with Crippen molar-refractivity contribution in [3.05, 3.63) is 0 Å². The van der Waals surface area contributed by atoms with Crippen LogP contribution in [0, 0.1) is 5.92 Å². The molecule has 0 N–H and O–H groups in total. The zero-order valence-electron chi connectivity index (χ0n) is 7.94. The SMILES string of the molecule is FC(F)(F)CC1CC(S)(CC(F)(F)F)C1S. The van der Waals surface area contributed by atoms with Crippen molar-refractivity contribution in [2.45, 2.75) is 41.6 Å². The molecule has 3 unspecified atom stereocenters. The first-order valence-corrected chi connectivity index (χ1v) is 5.43. The van der Waals surface area contributed by atoms with Gasteiger partial charge in [-0.15, -0.1) is 0 Å². The Kier molecular flexibility index (Phi) is 3.75. The second kappa shape index (κ2) is 4.19. The molecule has 0 aromatic heterocycles. The third-order valence-electron chi connectivity index (χ3n) is 2.61. The monoisotopic (exact) mass is 284 g/mol. The molecule has 0 aliphatic heterocycles. The lowest BCUT2D eigenvalue weighted by molar-refractivity contribution is -0.164. The predicted molar refractivity (Wildman–Crippen MR) is 53.9 cm³/mol. The van der Waals surface area contributed by atoms with Crippen LogP contribution in [0.4, 0.5) is 26.3 Å². The summed E-state index contributed by atoms with van der Waals surface area (Å²) in [5, 5.41) is -0.973. The van der Waals surface area contributed by atoms with E-state index in [1.54, 1.807) is 0 Å². The number of thiol groups is 2. The van der Waals surface area contributed by atoms with E-state index in [0.29, 0.717) is 0 Å². The van der Waals surface area contributed by atoms with Gasteiger partial charge < -0.3 is 0 Å². The molecular weight excluding hydrogens is 274 g/mol. The average molecular weight is 284 g/mol. The normalized spacial score (nSPS) is 36.0. The maximum atomic E-state index is 12.1. The van der Waals surface area contributed by atoms with E-state index in [4.69, 9.17) is 0 Å². The maximum Gasteiger partial charge on any atom is 0.390 e. The first-order chi connectivity index (χ1) is 6.93. The topological polar surface area (TPSA) is 0 Å². The van der Waals surface area contributed by atoms with Crippen LogP contribution in [0.5, 0.6) is 0 Å². The van der Waals surface area contributed by atoms with E-state index >= 15 is 0 Å². The molecule has 8 heteroatoms. The lowest BCUT2D eigenvalue weighted by Crippen LogP contribution is -2.54. The van der Waals surface area contributed by atoms with E-state index in [1.807, 2.05) is 0 Å². The summed E-state index contributed by atoms with van der Waals surface area (Å²) >= 11 is 7.61. The van der Waals surface area contributed by atoms with Crippen LogP contribution in [0.1, 0.15) is 19.3 Å². The van der Waals surface area contributed by atoms with Crippen molar-refractivity contribution >= 4 is 25.3 Å². The smallest absolute Gasteiger partial charge is 0.174 e. The van der Waals surface area contributed by atoms with E-state index in [-0.39, 0.29) is 6.42 Å². The Bertz CT molecular complexity index is 260. The van der Waals surface area contributed by atoms with E-state index in [1.165, 1.54) is 0 Å². The summed E-state index contributed by atoms with van der Waals surface area (Å²) in [6.45, 7) is 0. The number of alkyl halides is 6. The molecule has 16 heavy (non-hydrogen) atoms. The van der Waals surface area contributed by atoms with E-state index in [0.717, 1.165) is 0 Å². The van der Waals surface area contributed by atoms with Gasteiger partial charge in [-0.25, -0.2) is 0 Å². The summed E-state index contributed by atoms with van der Waals surface area (Å²) in [5.41, 5.74) is 0. The fraction of sp³-hybridized carbons (Fsp3) is 1.00. The molecule has 0 saturated heterocycles. The predicted octanol–water partition coefficient (Wildman–Crippen LogP) is 3.88. The summed E-state index contributed by atoms with van der Waals surface area (Å²) in [7, 11) is 0. The van der Waals surface area contributed by atoms with Gasteiger partial charge in [0.15, 0.2) is 0 Å². The van der Waals surface area contributed by atoms with Crippen LogP contribution in [0.3, 0.4) is 0 Å². The summed E-state index contributed by atoms with van der Waals surface area (Å²) in [6, 6.07) is 0. The van der Waals surface area contributed by atoms with E-state index in [2.05, 4.69) is 25.3 Å². The Morgan fingerprint density at radius 1 is 1.06 bits per heavy atom. The van der Waals surface area contributed by atoms with Gasteiger partial charge in [0.1, 0.15) is 0 Å². The molecule has 0 radical (unpaired) electrons. The van der Waals surface area contributed by atoms with E-state index < -0.39 is 41.1 Å². The molecule has 0 bridgehead atoms. The molecule has 1 aliphatic carbocycles. The molecule has 1 rings (SSSR count). The molecule has 96 valence electrons. The standard InChI is InChI=1S/C8H10F6S2/c9-7(10,11)2-4-1-6(16,5(4)15)3-8(12,13)14/h4-5,15-16H,1-3H2. The minimum absolute atomic E-state index is 0.205. The summed E-state index contributed by atoms with van der Waals surface area (Å²) < 4.78 is 70.9. The molecule has 1 aliphatic rings. The first kappa shape index (κ1) is 14.3. The molecule has 0 aromatic rings. The lowest BCUT2D eigenvalue weighted by Gasteiger charge is -2.50. The molecule has 3 atom stereocenters. The quantitative estimate of drug-likeness (QED) is 0.558. The third-order valence-corrected chi connectivity index (χ3v) is 4.35. The highest BCUT2D eigenvalue weighted by atomic mass is 32.1. The largest absolute Gasteiger partial charge is 0.390 e. The van der Waals surface area contributed by atoms with Gasteiger partial charge in [0.2, 0.25) is 0 Å². The van der Waals surface area contributed by atoms with Gasteiger partial charge in [0.05, 0.1) is 6.42 Å². The fourth-order valence-corrected chi connectivity index (χ4v) is 3.00. The Labute approximate surface area is 99.6 Å². The Morgan fingerprint density at radius 3 is 1.88 bits per heavy atom. The molecule has 0 aromatic carbocycles. The van der Waals surface area contributed by atoms with Crippen LogP contribution in [0.2, 0.25) is 0 Å². The van der Waals surface area contributed by atoms with Crippen molar-refractivity contribution in [3.8, 4) is 0 Å². The molecule has 0 heterocycles. The van der Waals surface area contributed by atoms with Crippen LogP contribution < -0.4 is 0 Å². The van der Waals surface area contributed by atoms with Gasteiger partial charge in [-0.3, -0.25) is 0 Å². The highest BCUT2D eigenvalue weighted by Crippen LogP contribution is 2.54. The Balaban J connectivity index is 2.53. The molecule has 1 fully saturated rings. The third kappa shape index (κ3) is 3.65. The van der Waals surface area contributed by atoms with Gasteiger partial charge in [0.25, 0.3) is 0 Å². The highest BCUT2D eigenvalue weighted by Gasteiger charge is 2.56. The summed E-state index contributed by atoms with van der Waals surface area (Å²) in [5.74, 6) is -0.872. The minimum Gasteiger partial charge on any atom is -0.174 e. The van der Waals surface area contributed by atoms with Crippen LogP contribution in [-0.4, -0.2) is 22.3 Å². The fourth-order valence-electron chi connectivity index (χ4n) is 1.97. The Hall–Kier alpha value is 0.280. The van der Waals surface area contributed by atoms with Crippen LogP contribution >= 0.6 is 25.3 Å². The number of rotatable bonds is 2. The van der Waals surface area contributed by atoms with Crippen molar-refractivity contribution in [3.63, 3.8) is 0 Å². The van der Waals surface area contributed by atoms with Crippen LogP contribution in [0.15, 0.2) is 0 Å². The maximum absolute atomic E-state index is 12.1. The zero-order valence-corrected chi connectivity index (χ0v) is 9.73. The van der Waals surface area contributed by atoms with Gasteiger partial charge >= 0.3 is 12.4 Å². The van der Waals surface area contributed by atoms with Gasteiger partial charge in [0, 0.05) is 16.4 Å². The van der Waals surface area contributed by atoms with Crippen molar-refractivity contribution in [1.29, 1.82) is 0 Å². The summed E-state index contributed by atoms with van der Waals surface area (Å²) in [4.78, 5) is 0. The van der Waals surface area contributed by atoms with Crippen molar-refractivity contribution in [2.75, 3.05) is 0 Å². The highest BCUT2D eigenvalue weighted by molar-refractivity contribution is 7.86. The zero-order chi connectivity index (χ0) is 12.8. The number of hydrogen-bond acceptors (Lipinski definition) is 2. The first-order valence-electron chi connectivity index (χ1n) is 4.47.